The van der Waals surface area contributed by atoms with E-state index in [1.165, 1.54) is 0 Å². The van der Waals surface area contributed by atoms with Crippen LogP contribution in [0.3, 0.4) is 0 Å². The molecule has 40 heavy (non-hydrogen) atoms. The van der Waals surface area contributed by atoms with Gasteiger partial charge in [0.15, 0.2) is 17.3 Å². The normalized spacial score (nSPS) is 13.2. The van der Waals surface area contributed by atoms with Crippen LogP contribution in [0, 0.1) is 6.92 Å². The predicted octanol–water partition coefficient (Wildman–Crippen LogP) is 4.91. The molecule has 1 aliphatic rings. The van der Waals surface area contributed by atoms with Gasteiger partial charge in [0, 0.05) is 47.4 Å². The number of pyridine rings is 1. The summed E-state index contributed by atoms with van der Waals surface area (Å²) >= 11 is 0. The van der Waals surface area contributed by atoms with Gasteiger partial charge in [-0.2, -0.15) is 0 Å². The molecule has 1 fully saturated rings. The van der Waals surface area contributed by atoms with E-state index in [0.29, 0.717) is 41.7 Å². The van der Waals surface area contributed by atoms with E-state index >= 15 is 0 Å². The zero-order chi connectivity index (χ0) is 27.6. The number of nitrogens with zero attached hydrogens (tertiary/aromatic N) is 4. The van der Waals surface area contributed by atoms with E-state index in [1.807, 2.05) is 78.6 Å². The maximum Gasteiger partial charge on any atom is 0.242 e. The Bertz CT molecular complexity index is 1710. The number of anilines is 2. The van der Waals surface area contributed by atoms with Crippen LogP contribution in [0.25, 0.3) is 33.2 Å². The molecule has 5 aromatic rings. The summed E-state index contributed by atoms with van der Waals surface area (Å²) in [6.07, 6.45) is 1.77. The van der Waals surface area contributed by atoms with E-state index in [1.54, 1.807) is 20.4 Å². The van der Waals surface area contributed by atoms with Crippen LogP contribution in [-0.2, 0) is 4.79 Å². The van der Waals surface area contributed by atoms with Crippen LogP contribution in [0.5, 0.6) is 11.5 Å². The molecule has 0 saturated carbocycles. The number of likely N-dealkylation sites (tertiary alicyclic amines) is 1. The van der Waals surface area contributed by atoms with Crippen molar-refractivity contribution in [3.05, 3.63) is 78.5 Å². The van der Waals surface area contributed by atoms with Crippen LogP contribution < -0.4 is 20.1 Å². The number of hydrogen-bond acceptors (Lipinski definition) is 8. The fourth-order valence-corrected chi connectivity index (χ4v) is 4.99. The molecule has 2 aromatic heterocycles. The van der Waals surface area contributed by atoms with E-state index in [4.69, 9.17) is 19.4 Å². The molecule has 0 atom stereocenters. The second kappa shape index (κ2) is 10.7. The molecule has 1 saturated heterocycles. The number of fused-ring (bicyclic) bond motifs is 2. The number of aromatic nitrogens is 3. The highest BCUT2D eigenvalue weighted by Crippen LogP contribution is 2.36. The largest absolute Gasteiger partial charge is 0.493 e. The molecule has 1 amide bonds. The van der Waals surface area contributed by atoms with Crippen molar-refractivity contribution < 1.29 is 14.3 Å². The van der Waals surface area contributed by atoms with Gasteiger partial charge >= 0.3 is 0 Å². The summed E-state index contributed by atoms with van der Waals surface area (Å²) < 4.78 is 11.1. The van der Waals surface area contributed by atoms with Gasteiger partial charge in [0.1, 0.15) is 5.82 Å². The Balaban J connectivity index is 1.27. The van der Waals surface area contributed by atoms with Crippen LogP contribution in [0.15, 0.2) is 72.9 Å². The summed E-state index contributed by atoms with van der Waals surface area (Å²) in [4.78, 5) is 29.1. The lowest BCUT2D eigenvalue weighted by Crippen LogP contribution is -2.58. The van der Waals surface area contributed by atoms with Crippen LogP contribution in [-0.4, -0.2) is 65.7 Å². The Morgan fingerprint density at radius 3 is 2.55 bits per heavy atom. The number of para-hydroxylation sites is 2. The summed E-state index contributed by atoms with van der Waals surface area (Å²) in [5.74, 6) is 2.46. The lowest BCUT2D eigenvalue weighted by molar-refractivity contribution is -0.133. The number of amides is 1. The number of hydrogen-bond donors (Lipinski definition) is 2. The monoisotopic (exact) mass is 534 g/mol. The lowest BCUT2D eigenvalue weighted by atomic mass is 10.1. The van der Waals surface area contributed by atoms with Crippen LogP contribution in [0.1, 0.15) is 5.56 Å². The Morgan fingerprint density at radius 1 is 0.975 bits per heavy atom. The molecule has 0 spiro atoms. The van der Waals surface area contributed by atoms with Crippen molar-refractivity contribution in [3.63, 3.8) is 0 Å². The first-order chi connectivity index (χ1) is 19.5. The fourth-order valence-electron chi connectivity index (χ4n) is 4.99. The molecule has 3 aromatic carbocycles. The number of methoxy groups -OCH3 is 2. The van der Waals surface area contributed by atoms with Gasteiger partial charge in [-0.1, -0.05) is 36.4 Å². The molecule has 3 heterocycles. The van der Waals surface area contributed by atoms with Crippen molar-refractivity contribution in [1.82, 2.24) is 19.9 Å². The molecule has 0 unspecified atom stereocenters. The van der Waals surface area contributed by atoms with Gasteiger partial charge in [-0.05, 0) is 36.8 Å². The maximum atomic E-state index is 12.8. The number of carbonyl (C=O) groups is 1. The highest BCUT2D eigenvalue weighted by Gasteiger charge is 2.31. The van der Waals surface area contributed by atoms with Gasteiger partial charge in [-0.3, -0.25) is 9.78 Å². The van der Waals surface area contributed by atoms with Gasteiger partial charge in [0.2, 0.25) is 5.91 Å². The SMILES string of the molecule is COc1cc2nc(-c3cccc4cccnc34)nc(NC3CN(C(=O)CNc4ccccc4C)C3)c2cc1OC. The number of carbonyl (C=O) groups excluding carboxylic acids is 1. The minimum Gasteiger partial charge on any atom is -0.493 e. The minimum absolute atomic E-state index is 0.0482. The topological polar surface area (TPSA) is 102 Å². The van der Waals surface area contributed by atoms with Crippen molar-refractivity contribution in [3.8, 4) is 22.9 Å². The van der Waals surface area contributed by atoms with Crippen molar-refractivity contribution in [2.45, 2.75) is 13.0 Å². The first kappa shape index (κ1) is 25.4. The van der Waals surface area contributed by atoms with Gasteiger partial charge < -0.3 is 25.0 Å². The van der Waals surface area contributed by atoms with E-state index in [-0.39, 0.29) is 18.5 Å². The minimum atomic E-state index is 0.0482. The second-order valence-corrected chi connectivity index (χ2v) is 9.81. The first-order valence-electron chi connectivity index (χ1n) is 13.2. The van der Waals surface area contributed by atoms with Crippen LogP contribution in [0.2, 0.25) is 0 Å². The number of benzene rings is 3. The third-order valence-corrected chi connectivity index (χ3v) is 7.22. The zero-order valence-corrected chi connectivity index (χ0v) is 22.6. The van der Waals surface area contributed by atoms with E-state index in [9.17, 15) is 4.79 Å². The van der Waals surface area contributed by atoms with E-state index in [0.717, 1.165) is 33.1 Å². The second-order valence-electron chi connectivity index (χ2n) is 9.81. The average molecular weight is 535 g/mol. The first-order valence-corrected chi connectivity index (χ1v) is 13.2. The Labute approximate surface area is 232 Å². The molecule has 0 bridgehead atoms. The number of ether oxygens (including phenoxy) is 2. The lowest BCUT2D eigenvalue weighted by Gasteiger charge is -2.40. The number of aryl methyl sites for hydroxylation is 1. The maximum absolute atomic E-state index is 12.8. The third-order valence-electron chi connectivity index (χ3n) is 7.22. The van der Waals surface area contributed by atoms with E-state index < -0.39 is 0 Å². The van der Waals surface area contributed by atoms with Crippen molar-refractivity contribution >= 4 is 39.2 Å². The van der Waals surface area contributed by atoms with Gasteiger partial charge in [0.05, 0.1) is 37.8 Å². The summed E-state index contributed by atoms with van der Waals surface area (Å²) in [6.45, 7) is 3.44. The highest BCUT2D eigenvalue weighted by atomic mass is 16.5. The Kier molecular flexibility index (Phi) is 6.77. The number of rotatable bonds is 8. The molecule has 0 aliphatic carbocycles. The molecule has 1 aliphatic heterocycles. The molecular weight excluding hydrogens is 504 g/mol. The molecule has 0 radical (unpaired) electrons. The summed E-state index contributed by atoms with van der Waals surface area (Å²) in [6, 6.07) is 21.7. The van der Waals surface area contributed by atoms with Crippen molar-refractivity contribution in [2.75, 3.05) is 44.5 Å². The quantitative estimate of drug-likeness (QED) is 0.290. The number of nitrogens with one attached hydrogen (secondary N) is 2. The van der Waals surface area contributed by atoms with Gasteiger partial charge in [-0.25, -0.2) is 9.97 Å². The van der Waals surface area contributed by atoms with Gasteiger partial charge in [0.25, 0.3) is 0 Å². The summed E-state index contributed by atoms with van der Waals surface area (Å²) in [5, 5.41) is 8.62. The molecule has 9 nitrogen and oxygen atoms in total. The Hall–Kier alpha value is -4.92. The summed E-state index contributed by atoms with van der Waals surface area (Å²) in [7, 11) is 3.21. The van der Waals surface area contributed by atoms with Gasteiger partial charge in [-0.15, -0.1) is 0 Å². The Morgan fingerprint density at radius 2 is 1.75 bits per heavy atom. The van der Waals surface area contributed by atoms with E-state index in [2.05, 4.69) is 15.6 Å². The van der Waals surface area contributed by atoms with Crippen molar-refractivity contribution in [2.24, 2.45) is 0 Å². The zero-order valence-electron chi connectivity index (χ0n) is 22.6. The summed E-state index contributed by atoms with van der Waals surface area (Å²) in [5.41, 5.74) is 4.47. The highest BCUT2D eigenvalue weighted by molar-refractivity contribution is 5.97. The molecular formula is C31H30N6O3. The van der Waals surface area contributed by atoms with Crippen LogP contribution >= 0.6 is 0 Å². The molecule has 9 heteroatoms. The van der Waals surface area contributed by atoms with Crippen molar-refractivity contribution in [1.29, 1.82) is 0 Å². The fraction of sp³-hybridized carbons (Fsp3) is 0.226. The molecule has 202 valence electrons. The molecule has 2 N–H and O–H groups in total. The smallest absolute Gasteiger partial charge is 0.242 e. The molecule has 6 rings (SSSR count). The predicted molar refractivity (Wildman–Crippen MR) is 157 cm³/mol. The van der Waals surface area contributed by atoms with Crippen LogP contribution in [0.4, 0.5) is 11.5 Å². The third kappa shape index (κ3) is 4.82. The standard InChI is InChI=1S/C31H30N6O3/c1-19-8-4-5-12-24(19)33-16-28(38)37-17-21(18-37)34-31-23-14-26(39-2)27(40-3)15-25(23)35-30(36-31)22-11-6-9-20-10-7-13-32-29(20)22/h4-15,21,33H,16-18H2,1-3H3,(H,34,35,36). The average Bonchev–Trinajstić information content (AvgIpc) is 2.96.